The summed E-state index contributed by atoms with van der Waals surface area (Å²) in [5, 5.41) is 7.09. The third-order valence-electron chi connectivity index (χ3n) is 2.51. The Morgan fingerprint density at radius 3 is 2.82 bits per heavy atom. The molecular weight excluding hydrogens is 234 g/mol. The van der Waals surface area contributed by atoms with E-state index < -0.39 is 0 Å². The van der Waals surface area contributed by atoms with E-state index in [0.29, 0.717) is 4.77 Å². The van der Waals surface area contributed by atoms with Gasteiger partial charge >= 0.3 is 0 Å². The van der Waals surface area contributed by atoms with E-state index in [4.69, 9.17) is 17.0 Å². The molecule has 4 nitrogen and oxygen atoms in total. The summed E-state index contributed by atoms with van der Waals surface area (Å²) in [7, 11) is 1.70. The van der Waals surface area contributed by atoms with Gasteiger partial charge in [-0.25, -0.2) is 0 Å². The van der Waals surface area contributed by atoms with Gasteiger partial charge in [-0.05, 0) is 30.8 Å². The lowest BCUT2D eigenvalue weighted by Gasteiger charge is -2.06. The van der Waals surface area contributed by atoms with E-state index >= 15 is 0 Å². The third kappa shape index (κ3) is 2.81. The van der Waals surface area contributed by atoms with Crippen molar-refractivity contribution in [1.82, 2.24) is 14.8 Å². The molecule has 0 bridgehead atoms. The van der Waals surface area contributed by atoms with Gasteiger partial charge in [0, 0.05) is 25.8 Å². The second-order valence-corrected chi connectivity index (χ2v) is 4.10. The number of benzene rings is 1. The molecule has 1 aromatic heterocycles. The number of aryl methyl sites for hydroxylation is 1. The molecule has 17 heavy (non-hydrogen) atoms. The van der Waals surface area contributed by atoms with Gasteiger partial charge in [0.2, 0.25) is 0 Å². The minimum absolute atomic E-state index is 0.628. The number of methoxy groups -OCH3 is 1. The van der Waals surface area contributed by atoms with Gasteiger partial charge in [-0.2, -0.15) is 5.10 Å². The Morgan fingerprint density at radius 1 is 1.35 bits per heavy atom. The molecule has 1 aromatic carbocycles. The summed E-state index contributed by atoms with van der Waals surface area (Å²) in [5.41, 5.74) is 1.04. The fraction of sp³-hybridized carbons (Fsp3) is 0.333. The van der Waals surface area contributed by atoms with Crippen molar-refractivity contribution in [3.05, 3.63) is 40.9 Å². The van der Waals surface area contributed by atoms with Crippen LogP contribution in [0.2, 0.25) is 0 Å². The number of ether oxygens (including phenoxy) is 1. The summed E-state index contributed by atoms with van der Waals surface area (Å²) < 4.78 is 7.63. The van der Waals surface area contributed by atoms with Gasteiger partial charge in [-0.15, -0.1) is 0 Å². The quantitative estimate of drug-likeness (QED) is 0.654. The Labute approximate surface area is 105 Å². The highest BCUT2D eigenvalue weighted by Crippen LogP contribution is 2.11. The molecule has 0 saturated carbocycles. The minimum Gasteiger partial charge on any atom is -0.385 e. The highest BCUT2D eigenvalue weighted by atomic mass is 32.1. The number of hydrogen-bond acceptors (Lipinski definition) is 3. The maximum Gasteiger partial charge on any atom is 0.199 e. The molecule has 0 atom stereocenters. The second-order valence-electron chi connectivity index (χ2n) is 3.71. The number of aromatic amines is 1. The zero-order chi connectivity index (χ0) is 12.1. The van der Waals surface area contributed by atoms with Gasteiger partial charge in [0.05, 0.1) is 0 Å². The van der Waals surface area contributed by atoms with Crippen LogP contribution in [0.4, 0.5) is 0 Å². The Kier molecular flexibility index (Phi) is 4.06. The first-order valence-corrected chi connectivity index (χ1v) is 5.94. The van der Waals surface area contributed by atoms with Crippen LogP contribution in [0.15, 0.2) is 30.3 Å². The van der Waals surface area contributed by atoms with E-state index in [-0.39, 0.29) is 0 Å². The Morgan fingerprint density at radius 2 is 2.12 bits per heavy atom. The standard InChI is InChI=1S/C12H15N3OS/c1-16-9-5-8-11-13-14-12(17)15(11)10-6-3-2-4-7-10/h2-4,6-7H,5,8-9H2,1H3,(H,14,17). The first kappa shape index (κ1) is 12.0. The molecule has 1 heterocycles. The van der Waals surface area contributed by atoms with Crippen LogP contribution >= 0.6 is 12.2 Å². The average molecular weight is 249 g/mol. The molecule has 0 aliphatic heterocycles. The number of hydrogen-bond donors (Lipinski definition) is 1. The molecule has 1 N–H and O–H groups in total. The maximum atomic E-state index is 5.25. The van der Waals surface area contributed by atoms with Gasteiger partial charge in [0.15, 0.2) is 4.77 Å². The number of H-pyrrole nitrogens is 1. The van der Waals surface area contributed by atoms with Crippen LogP contribution in [-0.2, 0) is 11.2 Å². The Bertz CT molecular complexity index is 518. The lowest BCUT2D eigenvalue weighted by Crippen LogP contribution is -2.03. The monoisotopic (exact) mass is 249 g/mol. The SMILES string of the molecule is COCCCc1n[nH]c(=S)n1-c1ccccc1. The lowest BCUT2D eigenvalue weighted by atomic mass is 10.3. The van der Waals surface area contributed by atoms with Crippen molar-refractivity contribution in [2.24, 2.45) is 0 Å². The normalized spacial score (nSPS) is 10.6. The van der Waals surface area contributed by atoms with Gasteiger partial charge in [-0.1, -0.05) is 18.2 Å². The highest BCUT2D eigenvalue weighted by molar-refractivity contribution is 7.71. The first-order valence-electron chi connectivity index (χ1n) is 5.53. The largest absolute Gasteiger partial charge is 0.385 e. The van der Waals surface area contributed by atoms with Gasteiger partial charge in [0.1, 0.15) is 5.82 Å². The fourth-order valence-electron chi connectivity index (χ4n) is 1.72. The number of nitrogens with zero attached hydrogens (tertiary/aromatic N) is 2. The van der Waals surface area contributed by atoms with Gasteiger partial charge in [-0.3, -0.25) is 9.67 Å². The molecule has 90 valence electrons. The van der Waals surface area contributed by atoms with E-state index in [1.54, 1.807) is 7.11 Å². The van der Waals surface area contributed by atoms with Crippen LogP contribution < -0.4 is 0 Å². The van der Waals surface area contributed by atoms with Crippen LogP contribution in [0, 0.1) is 4.77 Å². The molecule has 0 unspecified atom stereocenters. The zero-order valence-corrected chi connectivity index (χ0v) is 10.5. The number of rotatable bonds is 5. The Hall–Kier alpha value is -1.46. The first-order chi connectivity index (χ1) is 8.33. The maximum absolute atomic E-state index is 5.25. The number of aromatic nitrogens is 3. The topological polar surface area (TPSA) is 42.8 Å². The average Bonchev–Trinajstić information content (AvgIpc) is 2.72. The summed E-state index contributed by atoms with van der Waals surface area (Å²) in [6.45, 7) is 0.731. The van der Waals surface area contributed by atoms with Crippen molar-refractivity contribution in [2.45, 2.75) is 12.8 Å². The second kappa shape index (κ2) is 5.75. The van der Waals surface area contributed by atoms with Crippen molar-refractivity contribution < 1.29 is 4.74 Å². The van der Waals surface area contributed by atoms with Crippen molar-refractivity contribution in [3.8, 4) is 5.69 Å². The van der Waals surface area contributed by atoms with Crippen molar-refractivity contribution >= 4 is 12.2 Å². The number of nitrogens with one attached hydrogen (secondary N) is 1. The molecule has 0 aliphatic rings. The van der Waals surface area contributed by atoms with Crippen LogP contribution in [0.5, 0.6) is 0 Å². The summed E-state index contributed by atoms with van der Waals surface area (Å²) in [5.74, 6) is 0.943. The van der Waals surface area contributed by atoms with Crippen molar-refractivity contribution in [3.63, 3.8) is 0 Å². The van der Waals surface area contributed by atoms with E-state index in [1.807, 2.05) is 34.9 Å². The van der Waals surface area contributed by atoms with E-state index in [0.717, 1.165) is 31.0 Å². The zero-order valence-electron chi connectivity index (χ0n) is 9.72. The molecule has 2 rings (SSSR count). The molecular formula is C12H15N3OS. The van der Waals surface area contributed by atoms with Gasteiger partial charge in [0.25, 0.3) is 0 Å². The summed E-state index contributed by atoms with van der Waals surface area (Å²) in [6, 6.07) is 10.0. The predicted octanol–water partition coefficient (Wildman–Crippen LogP) is 2.51. The molecule has 0 aliphatic carbocycles. The minimum atomic E-state index is 0.628. The molecule has 2 aromatic rings. The fourth-order valence-corrected chi connectivity index (χ4v) is 1.97. The van der Waals surface area contributed by atoms with E-state index in [1.165, 1.54) is 0 Å². The highest BCUT2D eigenvalue weighted by Gasteiger charge is 2.07. The van der Waals surface area contributed by atoms with Crippen molar-refractivity contribution in [2.75, 3.05) is 13.7 Å². The molecule has 0 fully saturated rings. The molecule has 0 saturated heterocycles. The van der Waals surface area contributed by atoms with Gasteiger partial charge < -0.3 is 4.74 Å². The molecule has 0 radical (unpaired) electrons. The summed E-state index contributed by atoms with van der Waals surface area (Å²) in [6.07, 6.45) is 1.78. The van der Waals surface area contributed by atoms with Crippen molar-refractivity contribution in [1.29, 1.82) is 0 Å². The number of para-hydroxylation sites is 1. The molecule has 0 amide bonds. The van der Waals surface area contributed by atoms with Crippen LogP contribution in [0.3, 0.4) is 0 Å². The summed E-state index contributed by atoms with van der Waals surface area (Å²) in [4.78, 5) is 0. The smallest absolute Gasteiger partial charge is 0.199 e. The van der Waals surface area contributed by atoms with E-state index in [2.05, 4.69) is 10.2 Å². The predicted molar refractivity (Wildman–Crippen MR) is 68.9 cm³/mol. The van der Waals surface area contributed by atoms with E-state index in [9.17, 15) is 0 Å². The lowest BCUT2D eigenvalue weighted by molar-refractivity contribution is 0.194. The third-order valence-corrected chi connectivity index (χ3v) is 2.78. The van der Waals surface area contributed by atoms with Crippen LogP contribution in [-0.4, -0.2) is 28.5 Å². The summed E-state index contributed by atoms with van der Waals surface area (Å²) >= 11 is 5.25. The molecule has 5 heteroatoms. The van der Waals surface area contributed by atoms with Crippen LogP contribution in [0.25, 0.3) is 5.69 Å². The van der Waals surface area contributed by atoms with Crippen LogP contribution in [0.1, 0.15) is 12.2 Å². The Balaban J connectivity index is 2.27. The molecule has 0 spiro atoms.